The summed E-state index contributed by atoms with van der Waals surface area (Å²) in [6.07, 6.45) is 0.0912. The largest absolute Gasteiger partial charge is 0.481 e. The molecule has 0 aromatic heterocycles. The summed E-state index contributed by atoms with van der Waals surface area (Å²) in [5.74, 6) is -0.0230. The minimum atomic E-state index is -0.734. The maximum absolute atomic E-state index is 12.4. The van der Waals surface area contributed by atoms with Gasteiger partial charge in [-0.1, -0.05) is 30.7 Å². The van der Waals surface area contributed by atoms with Gasteiger partial charge in [0, 0.05) is 11.1 Å². The van der Waals surface area contributed by atoms with Crippen LogP contribution in [-0.2, 0) is 4.79 Å². The van der Waals surface area contributed by atoms with E-state index in [1.807, 2.05) is 13.8 Å². The fourth-order valence-electron chi connectivity index (χ4n) is 2.20. The van der Waals surface area contributed by atoms with Crippen LogP contribution in [0.2, 0.25) is 5.02 Å². The number of benzene rings is 2. The number of anilines is 1. The lowest BCUT2D eigenvalue weighted by molar-refractivity contribution is -0.122. The predicted octanol–water partition coefficient (Wildman–Crippen LogP) is 4.27. The molecular weight excluding hydrogens is 352 g/mol. The first-order valence-corrected chi connectivity index (χ1v) is 8.91. The van der Waals surface area contributed by atoms with Gasteiger partial charge in [0.15, 0.2) is 6.10 Å². The van der Waals surface area contributed by atoms with Gasteiger partial charge in [0.2, 0.25) is 0 Å². The smallest absolute Gasteiger partial charge is 0.265 e. The number of ether oxygens (including phenoxy) is 1. The van der Waals surface area contributed by atoms with E-state index < -0.39 is 6.10 Å². The fraction of sp³-hybridized carbons (Fsp3) is 0.300. The number of para-hydroxylation sites is 1. The molecule has 2 aromatic carbocycles. The average molecular weight is 375 g/mol. The summed E-state index contributed by atoms with van der Waals surface area (Å²) in [5.41, 5.74) is 0.865. The van der Waals surface area contributed by atoms with Crippen LogP contribution in [0.3, 0.4) is 0 Å². The van der Waals surface area contributed by atoms with Crippen molar-refractivity contribution >= 4 is 29.1 Å². The van der Waals surface area contributed by atoms with Crippen molar-refractivity contribution < 1.29 is 14.3 Å². The Morgan fingerprint density at radius 1 is 1.08 bits per heavy atom. The zero-order valence-electron chi connectivity index (χ0n) is 15.1. The Hall–Kier alpha value is -2.53. The van der Waals surface area contributed by atoms with Gasteiger partial charge < -0.3 is 15.4 Å². The minimum Gasteiger partial charge on any atom is -0.481 e. The Balaban J connectivity index is 2.06. The molecule has 5 nitrogen and oxygen atoms in total. The number of rotatable bonds is 7. The second-order valence-corrected chi connectivity index (χ2v) is 6.47. The first-order valence-electron chi connectivity index (χ1n) is 8.53. The lowest BCUT2D eigenvalue weighted by Gasteiger charge is -2.17. The van der Waals surface area contributed by atoms with Crippen LogP contribution in [-0.4, -0.2) is 24.0 Å². The summed E-state index contributed by atoms with van der Waals surface area (Å²) < 4.78 is 5.61. The van der Waals surface area contributed by atoms with Crippen LogP contribution in [0.5, 0.6) is 5.75 Å². The molecule has 0 fully saturated rings. The fourth-order valence-corrected chi connectivity index (χ4v) is 2.32. The lowest BCUT2D eigenvalue weighted by atomic mass is 10.1. The third kappa shape index (κ3) is 5.49. The van der Waals surface area contributed by atoms with Crippen molar-refractivity contribution in [2.45, 2.75) is 39.3 Å². The van der Waals surface area contributed by atoms with Gasteiger partial charge in [0.05, 0.1) is 11.3 Å². The molecule has 0 heterocycles. The molecular formula is C20H23ClN2O3. The summed E-state index contributed by atoms with van der Waals surface area (Å²) in [4.78, 5) is 24.8. The molecule has 0 unspecified atom stereocenters. The summed E-state index contributed by atoms with van der Waals surface area (Å²) in [5, 5.41) is 6.26. The zero-order chi connectivity index (χ0) is 19.1. The monoisotopic (exact) mass is 374 g/mol. The van der Waals surface area contributed by atoms with Gasteiger partial charge in [-0.15, -0.1) is 0 Å². The Labute approximate surface area is 158 Å². The van der Waals surface area contributed by atoms with Gasteiger partial charge in [0.25, 0.3) is 11.8 Å². The van der Waals surface area contributed by atoms with Crippen LogP contribution >= 0.6 is 11.6 Å². The second kappa shape index (κ2) is 9.25. The SMILES string of the molecule is CC[C@H](C)NC(=O)c1ccccc1NC(=O)[C@H](C)Oc1ccc(Cl)cc1. The van der Waals surface area contributed by atoms with Gasteiger partial charge in [-0.05, 0) is 56.7 Å². The summed E-state index contributed by atoms with van der Waals surface area (Å²) in [6, 6.07) is 13.7. The van der Waals surface area contributed by atoms with E-state index in [4.69, 9.17) is 16.3 Å². The standard InChI is InChI=1S/C20H23ClN2O3/c1-4-13(2)22-20(25)17-7-5-6-8-18(17)23-19(24)14(3)26-16-11-9-15(21)10-12-16/h5-14H,4H2,1-3H3,(H,22,25)(H,23,24)/t13-,14-/m0/s1. The van der Waals surface area contributed by atoms with Crippen molar-refractivity contribution in [2.75, 3.05) is 5.32 Å². The first-order chi connectivity index (χ1) is 12.4. The molecule has 2 N–H and O–H groups in total. The predicted molar refractivity (Wildman–Crippen MR) is 104 cm³/mol. The van der Waals surface area contributed by atoms with Crippen LogP contribution < -0.4 is 15.4 Å². The van der Waals surface area contributed by atoms with Crippen molar-refractivity contribution in [2.24, 2.45) is 0 Å². The normalized spacial score (nSPS) is 12.8. The van der Waals surface area contributed by atoms with Gasteiger partial charge in [-0.3, -0.25) is 9.59 Å². The summed E-state index contributed by atoms with van der Waals surface area (Å²) in [7, 11) is 0. The first kappa shape index (κ1) is 19.8. The molecule has 26 heavy (non-hydrogen) atoms. The van der Waals surface area contributed by atoms with Crippen LogP contribution in [0.15, 0.2) is 48.5 Å². The van der Waals surface area contributed by atoms with E-state index >= 15 is 0 Å². The molecule has 0 radical (unpaired) electrons. The van der Waals surface area contributed by atoms with Gasteiger partial charge >= 0.3 is 0 Å². The quantitative estimate of drug-likeness (QED) is 0.760. The Kier molecular flexibility index (Phi) is 7.04. The molecule has 0 bridgehead atoms. The number of carbonyl (C=O) groups is 2. The van der Waals surface area contributed by atoms with Crippen molar-refractivity contribution in [3.8, 4) is 5.75 Å². The van der Waals surface area contributed by atoms with E-state index in [1.165, 1.54) is 0 Å². The number of amides is 2. The van der Waals surface area contributed by atoms with E-state index in [9.17, 15) is 9.59 Å². The molecule has 0 spiro atoms. The lowest BCUT2D eigenvalue weighted by Crippen LogP contribution is -2.34. The molecule has 0 aliphatic carbocycles. The number of hydrogen-bond donors (Lipinski definition) is 2. The second-order valence-electron chi connectivity index (χ2n) is 6.03. The third-order valence-corrected chi connectivity index (χ3v) is 4.17. The van der Waals surface area contributed by atoms with Crippen LogP contribution in [0.1, 0.15) is 37.6 Å². The highest BCUT2D eigenvalue weighted by Gasteiger charge is 2.19. The van der Waals surface area contributed by atoms with Crippen molar-refractivity contribution in [3.63, 3.8) is 0 Å². The number of hydrogen-bond acceptors (Lipinski definition) is 3. The topological polar surface area (TPSA) is 67.4 Å². The number of halogens is 1. The Morgan fingerprint density at radius 2 is 1.73 bits per heavy atom. The van der Waals surface area contributed by atoms with Crippen molar-refractivity contribution in [1.29, 1.82) is 0 Å². The van der Waals surface area contributed by atoms with E-state index in [0.29, 0.717) is 22.0 Å². The summed E-state index contributed by atoms with van der Waals surface area (Å²) in [6.45, 7) is 5.57. The zero-order valence-corrected chi connectivity index (χ0v) is 15.8. The van der Waals surface area contributed by atoms with Crippen molar-refractivity contribution in [3.05, 3.63) is 59.1 Å². The molecule has 0 saturated carbocycles. The van der Waals surface area contributed by atoms with E-state index in [-0.39, 0.29) is 17.9 Å². The molecule has 0 saturated heterocycles. The highest BCUT2D eigenvalue weighted by atomic mass is 35.5. The Bertz CT molecular complexity index is 762. The van der Waals surface area contributed by atoms with E-state index in [0.717, 1.165) is 6.42 Å². The maximum Gasteiger partial charge on any atom is 0.265 e. The Morgan fingerprint density at radius 3 is 2.38 bits per heavy atom. The molecule has 2 aromatic rings. The van der Waals surface area contributed by atoms with Gasteiger partial charge in [-0.25, -0.2) is 0 Å². The van der Waals surface area contributed by atoms with Crippen LogP contribution in [0.25, 0.3) is 0 Å². The van der Waals surface area contributed by atoms with Gasteiger partial charge in [0.1, 0.15) is 5.75 Å². The molecule has 2 atom stereocenters. The number of nitrogens with one attached hydrogen (secondary N) is 2. The van der Waals surface area contributed by atoms with Crippen molar-refractivity contribution in [1.82, 2.24) is 5.32 Å². The van der Waals surface area contributed by atoms with E-state index in [2.05, 4.69) is 10.6 Å². The molecule has 0 aliphatic rings. The highest BCUT2D eigenvalue weighted by Crippen LogP contribution is 2.19. The minimum absolute atomic E-state index is 0.0541. The number of carbonyl (C=O) groups excluding carboxylic acids is 2. The molecule has 6 heteroatoms. The summed E-state index contributed by atoms with van der Waals surface area (Å²) >= 11 is 5.84. The molecule has 138 valence electrons. The molecule has 0 aliphatic heterocycles. The third-order valence-electron chi connectivity index (χ3n) is 3.92. The highest BCUT2D eigenvalue weighted by molar-refractivity contribution is 6.30. The van der Waals surface area contributed by atoms with Crippen LogP contribution in [0, 0.1) is 0 Å². The molecule has 2 rings (SSSR count). The molecule has 2 amide bonds. The van der Waals surface area contributed by atoms with Gasteiger partial charge in [-0.2, -0.15) is 0 Å². The average Bonchev–Trinajstić information content (AvgIpc) is 2.63. The van der Waals surface area contributed by atoms with E-state index in [1.54, 1.807) is 55.5 Å². The maximum atomic E-state index is 12.4. The van der Waals surface area contributed by atoms with Crippen LogP contribution in [0.4, 0.5) is 5.69 Å².